The molecule has 2 aliphatic rings. The molecule has 0 unspecified atom stereocenters. The van der Waals surface area contributed by atoms with Gasteiger partial charge in [0.15, 0.2) is 0 Å². The van der Waals surface area contributed by atoms with E-state index in [1.165, 1.54) is 12.8 Å². The molecule has 0 radical (unpaired) electrons. The fourth-order valence-corrected chi connectivity index (χ4v) is 3.85. The van der Waals surface area contributed by atoms with Gasteiger partial charge in [-0.3, -0.25) is 0 Å². The highest BCUT2D eigenvalue weighted by molar-refractivity contribution is 5.90. The zero-order valence-corrected chi connectivity index (χ0v) is 14.0. The van der Waals surface area contributed by atoms with Crippen molar-refractivity contribution in [3.8, 4) is 0 Å². The maximum atomic E-state index is 4.99. The van der Waals surface area contributed by atoms with Crippen LogP contribution < -0.4 is 15.1 Å². The Bertz CT molecular complexity index is 685. The van der Waals surface area contributed by atoms with Crippen molar-refractivity contribution in [2.75, 3.05) is 36.0 Å². The Morgan fingerprint density at radius 2 is 1.65 bits per heavy atom. The molecule has 0 spiro atoms. The smallest absolute Gasteiger partial charge is 0.227 e. The third-order valence-corrected chi connectivity index (χ3v) is 4.82. The van der Waals surface area contributed by atoms with Gasteiger partial charge in [0.05, 0.1) is 5.52 Å². The summed E-state index contributed by atoms with van der Waals surface area (Å²) in [6, 6.07) is 9.35. The van der Waals surface area contributed by atoms with Crippen LogP contribution in [0.15, 0.2) is 24.3 Å². The third kappa shape index (κ3) is 2.85. The van der Waals surface area contributed by atoms with Gasteiger partial charge in [-0.2, -0.15) is 4.98 Å². The Morgan fingerprint density at radius 3 is 2.39 bits per heavy atom. The molecular formula is C18H25N5. The molecule has 0 saturated carbocycles. The van der Waals surface area contributed by atoms with E-state index in [0.717, 1.165) is 48.8 Å². The summed E-state index contributed by atoms with van der Waals surface area (Å²) in [6.45, 7) is 8.62. The maximum Gasteiger partial charge on any atom is 0.227 e. The number of fused-ring (bicyclic) bond motifs is 1. The molecule has 0 amide bonds. The molecule has 23 heavy (non-hydrogen) atoms. The summed E-state index contributed by atoms with van der Waals surface area (Å²) in [5.74, 6) is 1.99. The molecule has 0 aliphatic carbocycles. The number of para-hydroxylation sites is 1. The zero-order valence-electron chi connectivity index (χ0n) is 14.0. The number of hydrogen-bond donors (Lipinski definition) is 1. The molecule has 3 heterocycles. The Balaban J connectivity index is 1.79. The molecule has 0 bridgehead atoms. The number of benzene rings is 1. The largest absolute Gasteiger partial charge is 0.353 e. The maximum absolute atomic E-state index is 4.99. The standard InChI is InChI=1S/C18H25N5/c1-13-11-23(12-14(2)19-13)17-15-7-3-4-8-16(15)20-18(21-17)22-9-5-6-10-22/h3-4,7-8,13-14,19H,5-6,9-12H2,1-2H3/t13-,14-/m0/s1. The minimum Gasteiger partial charge on any atom is -0.353 e. The quantitative estimate of drug-likeness (QED) is 0.923. The van der Waals surface area contributed by atoms with E-state index in [1.54, 1.807) is 0 Å². The molecule has 4 rings (SSSR count). The van der Waals surface area contributed by atoms with E-state index in [0.29, 0.717) is 12.1 Å². The van der Waals surface area contributed by atoms with Crippen molar-refractivity contribution in [2.24, 2.45) is 0 Å². The van der Waals surface area contributed by atoms with E-state index in [1.807, 2.05) is 0 Å². The molecule has 1 aromatic carbocycles. The highest BCUT2D eigenvalue weighted by Gasteiger charge is 2.25. The minimum atomic E-state index is 0.475. The van der Waals surface area contributed by atoms with Crippen LogP contribution in [-0.4, -0.2) is 48.2 Å². The number of aromatic nitrogens is 2. The second kappa shape index (κ2) is 5.96. The summed E-state index contributed by atoms with van der Waals surface area (Å²) in [7, 11) is 0. The van der Waals surface area contributed by atoms with Gasteiger partial charge in [-0.25, -0.2) is 4.98 Å². The predicted octanol–water partition coefficient (Wildman–Crippen LogP) is 2.42. The predicted molar refractivity (Wildman–Crippen MR) is 95.3 cm³/mol. The lowest BCUT2D eigenvalue weighted by molar-refractivity contribution is 0.406. The Labute approximate surface area is 137 Å². The van der Waals surface area contributed by atoms with Crippen LogP contribution in [0.25, 0.3) is 10.9 Å². The van der Waals surface area contributed by atoms with E-state index in [2.05, 4.69) is 53.2 Å². The van der Waals surface area contributed by atoms with Crippen LogP contribution in [0.1, 0.15) is 26.7 Å². The number of nitrogens with zero attached hydrogens (tertiary/aromatic N) is 4. The van der Waals surface area contributed by atoms with Gasteiger partial charge in [0, 0.05) is 43.6 Å². The highest BCUT2D eigenvalue weighted by Crippen LogP contribution is 2.29. The van der Waals surface area contributed by atoms with Crippen LogP contribution in [0.2, 0.25) is 0 Å². The van der Waals surface area contributed by atoms with Crippen molar-refractivity contribution in [3.63, 3.8) is 0 Å². The van der Waals surface area contributed by atoms with Gasteiger partial charge in [-0.1, -0.05) is 12.1 Å². The summed E-state index contributed by atoms with van der Waals surface area (Å²) < 4.78 is 0. The highest BCUT2D eigenvalue weighted by atomic mass is 15.3. The second-order valence-corrected chi connectivity index (χ2v) is 6.93. The van der Waals surface area contributed by atoms with Crippen LogP contribution in [0, 0.1) is 0 Å². The molecular weight excluding hydrogens is 286 g/mol. The van der Waals surface area contributed by atoms with Crippen molar-refractivity contribution in [2.45, 2.75) is 38.8 Å². The van der Waals surface area contributed by atoms with Gasteiger partial charge in [-0.15, -0.1) is 0 Å². The lowest BCUT2D eigenvalue weighted by Crippen LogP contribution is -2.54. The Morgan fingerprint density at radius 1 is 0.957 bits per heavy atom. The minimum absolute atomic E-state index is 0.475. The first-order chi connectivity index (χ1) is 11.2. The number of anilines is 2. The van der Waals surface area contributed by atoms with Crippen LogP contribution in [-0.2, 0) is 0 Å². The van der Waals surface area contributed by atoms with E-state index in [4.69, 9.17) is 9.97 Å². The van der Waals surface area contributed by atoms with E-state index >= 15 is 0 Å². The van der Waals surface area contributed by atoms with Crippen LogP contribution in [0.5, 0.6) is 0 Å². The Hall–Kier alpha value is -1.88. The molecule has 5 heteroatoms. The summed E-state index contributed by atoms with van der Waals surface area (Å²) in [6.07, 6.45) is 2.49. The molecule has 2 fully saturated rings. The van der Waals surface area contributed by atoms with Gasteiger partial charge >= 0.3 is 0 Å². The average molecular weight is 311 g/mol. The second-order valence-electron chi connectivity index (χ2n) is 6.93. The van der Waals surface area contributed by atoms with E-state index in [9.17, 15) is 0 Å². The number of piperazine rings is 1. The van der Waals surface area contributed by atoms with E-state index in [-0.39, 0.29) is 0 Å². The first kappa shape index (κ1) is 14.7. The van der Waals surface area contributed by atoms with E-state index < -0.39 is 0 Å². The molecule has 5 nitrogen and oxygen atoms in total. The van der Waals surface area contributed by atoms with Gasteiger partial charge in [-0.05, 0) is 38.8 Å². The van der Waals surface area contributed by atoms with Crippen LogP contribution in [0.3, 0.4) is 0 Å². The first-order valence-corrected chi connectivity index (χ1v) is 8.73. The SMILES string of the molecule is C[C@H]1CN(c2nc(N3CCCC3)nc3ccccc23)C[C@H](C)N1. The number of nitrogens with one attached hydrogen (secondary N) is 1. The summed E-state index contributed by atoms with van der Waals surface area (Å²) in [5.41, 5.74) is 1.05. The van der Waals surface area contributed by atoms with Gasteiger partial charge < -0.3 is 15.1 Å². The molecule has 1 N–H and O–H groups in total. The summed E-state index contributed by atoms with van der Waals surface area (Å²) >= 11 is 0. The summed E-state index contributed by atoms with van der Waals surface area (Å²) in [4.78, 5) is 14.6. The zero-order chi connectivity index (χ0) is 15.8. The van der Waals surface area contributed by atoms with Crippen molar-refractivity contribution < 1.29 is 0 Å². The van der Waals surface area contributed by atoms with Crippen LogP contribution >= 0.6 is 0 Å². The molecule has 2 atom stereocenters. The first-order valence-electron chi connectivity index (χ1n) is 8.73. The fraction of sp³-hybridized carbons (Fsp3) is 0.556. The van der Waals surface area contributed by atoms with Gasteiger partial charge in [0.1, 0.15) is 5.82 Å². The fourth-order valence-electron chi connectivity index (χ4n) is 3.85. The van der Waals surface area contributed by atoms with Gasteiger partial charge in [0.2, 0.25) is 5.95 Å². The normalized spacial score (nSPS) is 25.3. The van der Waals surface area contributed by atoms with Crippen LogP contribution in [0.4, 0.5) is 11.8 Å². The van der Waals surface area contributed by atoms with Crippen molar-refractivity contribution in [1.29, 1.82) is 0 Å². The lowest BCUT2D eigenvalue weighted by atomic mass is 10.1. The molecule has 1 aromatic heterocycles. The van der Waals surface area contributed by atoms with Crippen molar-refractivity contribution in [3.05, 3.63) is 24.3 Å². The number of rotatable bonds is 2. The monoisotopic (exact) mass is 311 g/mol. The molecule has 2 saturated heterocycles. The summed E-state index contributed by atoms with van der Waals surface area (Å²) in [5, 5.41) is 4.76. The Kier molecular flexibility index (Phi) is 3.81. The van der Waals surface area contributed by atoms with Gasteiger partial charge in [0.25, 0.3) is 0 Å². The molecule has 122 valence electrons. The number of hydrogen-bond acceptors (Lipinski definition) is 5. The topological polar surface area (TPSA) is 44.3 Å². The third-order valence-electron chi connectivity index (χ3n) is 4.82. The van der Waals surface area contributed by atoms with Crippen molar-refractivity contribution >= 4 is 22.7 Å². The molecule has 2 aliphatic heterocycles. The molecule has 2 aromatic rings. The lowest BCUT2D eigenvalue weighted by Gasteiger charge is -2.37. The average Bonchev–Trinajstić information content (AvgIpc) is 3.07. The van der Waals surface area contributed by atoms with Crippen molar-refractivity contribution in [1.82, 2.24) is 15.3 Å².